The molecular formula is C100H93ClN32O6. The van der Waals surface area contributed by atoms with E-state index in [-0.39, 0.29) is 96.9 Å². The number of pyridine rings is 2. The first-order chi connectivity index (χ1) is 67.6. The Bertz CT molecular complexity index is 7190. The van der Waals surface area contributed by atoms with Crippen LogP contribution in [0.15, 0.2) is 352 Å². The number of amides is 6. The van der Waals surface area contributed by atoms with Crippen molar-refractivity contribution in [2.45, 2.75) is 51.4 Å². The molecule has 696 valence electrons. The van der Waals surface area contributed by atoms with E-state index in [4.69, 9.17) is 46.0 Å². The number of carbonyl (C=O) groups is 6. The molecule has 0 spiro atoms. The number of para-hydroxylation sites is 10. The minimum Gasteiger partial charge on any atom is -0.369 e. The lowest BCUT2D eigenvalue weighted by Crippen LogP contribution is -2.37. The Hall–Kier alpha value is -19.3. The number of aromatic amines is 6. The van der Waals surface area contributed by atoms with Gasteiger partial charge in [-0.25, -0.2) is 29.9 Å². The highest BCUT2D eigenvalue weighted by Gasteiger charge is 2.16. The van der Waals surface area contributed by atoms with E-state index < -0.39 is 0 Å². The fourth-order valence-corrected chi connectivity index (χ4v) is 13.7. The second kappa shape index (κ2) is 48.2. The number of benzene rings is 11. The monoisotopic (exact) mass is 1870 g/mol. The molecule has 19 rings (SSSR count). The van der Waals surface area contributed by atoms with Gasteiger partial charge in [-0.15, -0.1) is 0 Å². The molecule has 0 radical (unpaired) electrons. The molecule has 11 aromatic carbocycles. The average Bonchev–Trinajstić information content (AvgIpc) is 2.02. The predicted octanol–water partition coefficient (Wildman–Crippen LogP) is 12.6. The van der Waals surface area contributed by atoms with Gasteiger partial charge in [0, 0.05) is 42.7 Å². The van der Waals surface area contributed by atoms with Crippen LogP contribution in [0.1, 0.15) is 46.2 Å². The summed E-state index contributed by atoms with van der Waals surface area (Å²) in [6.07, 6.45) is 9.50. The van der Waals surface area contributed by atoms with Crippen molar-refractivity contribution in [3.8, 4) is 0 Å². The number of imidazole rings is 6. The van der Waals surface area contributed by atoms with Crippen molar-refractivity contribution < 1.29 is 28.8 Å². The van der Waals surface area contributed by atoms with Crippen LogP contribution in [0.25, 0.3) is 77.0 Å². The molecule has 0 fully saturated rings. The van der Waals surface area contributed by atoms with E-state index in [1.807, 2.05) is 273 Å². The summed E-state index contributed by atoms with van der Waals surface area (Å²) < 4.78 is 0. The average molecular weight is 1870 g/mol. The molecule has 0 saturated heterocycles. The number of fused-ring (bicyclic) bond motifs is 7. The number of nitrogens with one attached hydrogen (secondary N) is 12. The van der Waals surface area contributed by atoms with Crippen LogP contribution in [-0.2, 0) is 67.3 Å². The molecular weight excluding hydrogens is 1780 g/mol. The highest BCUT2D eigenvalue weighted by atomic mass is 35.5. The van der Waals surface area contributed by atoms with Gasteiger partial charge in [-0.05, 0) is 148 Å². The maximum Gasteiger partial charge on any atom is 0.231 e. The van der Waals surface area contributed by atoms with E-state index >= 15 is 0 Å². The van der Waals surface area contributed by atoms with Gasteiger partial charge in [0.25, 0.3) is 0 Å². The zero-order chi connectivity index (χ0) is 97.0. The first kappa shape index (κ1) is 95.8. The molecule has 0 atom stereocenters. The smallest absolute Gasteiger partial charge is 0.231 e. The summed E-state index contributed by atoms with van der Waals surface area (Å²) in [4.78, 5) is 148. The standard InChI is InChI=1S/C20H17N5O.C17H17N5O.C16H14ClN5O.C16H16N6O.C16H15N5O.C15H14N6O/c21-19(25-20-22-16-10-3-4-11-17(16)23-20)24-18(26)12-14-8-5-7-13-6-1-2-9-15(13)14;18-16(21-15(23)11-10-12-6-2-1-3-7-12)22-17-19-13-8-4-5-9-14(13)20-17;17-11-6-7-12-13(9-11)20-16(19-12)22-15(18)21-14(23)8-10-4-2-1-3-5-10;17-15(21-14(23)8-7-11-4-3-9-18-10-11)22-16-19-12-5-1-2-6-13(12)20-16;17-15(20-14(22)10-11-6-2-1-3-7-11)21-16-18-12-8-4-5-9-13(12)19-16;16-14(20-13(22)8-10-4-3-7-17-9-10)21-15-18-11-5-1-2-6-12(11)19-15/h1-11H,12H2,(H4,21,22,23,24,25,26);1-9H,10-11H2,(H4,18,19,20,21,22,23);1-7,9H,8H2,(H4,18,19,20,21,22,23);1-6,9-10H,7-8H2,(H4,17,19,20,21,22,23);1-9H,10H2,(H4,17,18,19,20,21,22);1-7,9H,8H2,(H4,16,18,19,20,21,22). The molecule has 24 N–H and O–H groups in total. The molecule has 19 aromatic rings. The SMILES string of the molecule is NC(=Nc1nc2ccc(Cl)cc2[nH]1)NC(=O)Cc1ccccc1.NC(=Nc1nc2ccccc2[nH]1)NC(=O)CCc1ccccc1.NC(=Nc1nc2ccccc2[nH]1)NC(=O)CCc1cccnc1.NC(=Nc1nc2ccccc2[nH]1)NC(=O)Cc1cccc2ccccc12.NC(=Nc1nc2ccccc2[nH]1)NC(=O)Cc1ccccc1.NC(=Nc1nc2ccccc2[nH]1)NC(=O)Cc1cccnc1. The molecule has 0 unspecified atom stereocenters. The molecule has 38 nitrogen and oxygen atoms in total. The number of carbonyl (C=O) groups excluding carboxylic acids is 6. The number of aryl methyl sites for hydroxylation is 2. The minimum atomic E-state index is -0.259. The van der Waals surface area contributed by atoms with Gasteiger partial charge in [0.15, 0.2) is 0 Å². The van der Waals surface area contributed by atoms with Gasteiger partial charge in [0.2, 0.25) is 107 Å². The van der Waals surface area contributed by atoms with Crippen molar-refractivity contribution in [3.63, 3.8) is 0 Å². The zero-order valence-corrected chi connectivity index (χ0v) is 75.1. The van der Waals surface area contributed by atoms with Crippen molar-refractivity contribution in [2.24, 2.45) is 64.4 Å². The van der Waals surface area contributed by atoms with Crippen molar-refractivity contribution >= 4 is 195 Å². The summed E-state index contributed by atoms with van der Waals surface area (Å²) in [5.41, 5.74) is 50.0. The van der Waals surface area contributed by atoms with Crippen molar-refractivity contribution in [1.82, 2.24) is 102 Å². The summed E-state index contributed by atoms with van der Waals surface area (Å²) in [6, 6.07) is 92.9. The second-order valence-corrected chi connectivity index (χ2v) is 30.8. The highest BCUT2D eigenvalue weighted by Crippen LogP contribution is 2.25. The molecule has 39 heteroatoms. The van der Waals surface area contributed by atoms with Crippen molar-refractivity contribution in [3.05, 3.63) is 360 Å². The summed E-state index contributed by atoms with van der Waals surface area (Å²) in [6.45, 7) is 0. The van der Waals surface area contributed by atoms with Gasteiger partial charge in [-0.2, -0.15) is 30.0 Å². The summed E-state index contributed by atoms with van der Waals surface area (Å²) in [5.74, 6) is 0.818. The Morgan fingerprint density at radius 2 is 0.547 bits per heavy atom. The van der Waals surface area contributed by atoms with Crippen LogP contribution in [0.2, 0.25) is 5.02 Å². The largest absolute Gasteiger partial charge is 0.369 e. The topological polar surface area (TPSA) is 603 Å². The molecule has 0 bridgehead atoms. The van der Waals surface area contributed by atoms with E-state index in [0.29, 0.717) is 66.4 Å². The Balaban J connectivity index is 0.000000133. The lowest BCUT2D eigenvalue weighted by molar-refractivity contribution is -0.120. The third-order valence-corrected chi connectivity index (χ3v) is 20.1. The third kappa shape index (κ3) is 30.1. The Kier molecular flexibility index (Phi) is 33.2. The Morgan fingerprint density at radius 1 is 0.266 bits per heavy atom. The maximum atomic E-state index is 12.3. The minimum absolute atomic E-state index is 0.00653. The van der Waals surface area contributed by atoms with E-state index in [1.54, 1.807) is 49.1 Å². The number of hydrogen-bond acceptors (Lipinski definition) is 20. The van der Waals surface area contributed by atoms with Crippen LogP contribution in [-0.4, -0.2) is 141 Å². The number of hydrogen-bond donors (Lipinski definition) is 18. The Morgan fingerprint density at radius 3 is 0.906 bits per heavy atom. The molecule has 0 aliphatic rings. The van der Waals surface area contributed by atoms with Crippen LogP contribution in [0, 0.1) is 0 Å². The van der Waals surface area contributed by atoms with Crippen molar-refractivity contribution in [1.29, 1.82) is 0 Å². The van der Waals surface area contributed by atoms with Crippen LogP contribution < -0.4 is 66.3 Å². The van der Waals surface area contributed by atoms with E-state index in [2.05, 4.69) is 132 Å². The fraction of sp³-hybridized carbons (Fsp3) is 0.0800. The lowest BCUT2D eigenvalue weighted by Gasteiger charge is -2.07. The summed E-state index contributed by atoms with van der Waals surface area (Å²) in [7, 11) is 0. The fourth-order valence-electron chi connectivity index (χ4n) is 13.6. The van der Waals surface area contributed by atoms with Gasteiger partial charge in [0.1, 0.15) is 0 Å². The number of nitrogens with zero attached hydrogens (tertiary/aromatic N) is 14. The van der Waals surface area contributed by atoms with E-state index in [9.17, 15) is 28.8 Å². The molecule has 139 heavy (non-hydrogen) atoms. The first-order valence-corrected chi connectivity index (χ1v) is 43.6. The van der Waals surface area contributed by atoms with Gasteiger partial charge >= 0.3 is 0 Å². The highest BCUT2D eigenvalue weighted by molar-refractivity contribution is 6.31. The molecule has 8 heterocycles. The first-order valence-electron chi connectivity index (χ1n) is 43.2. The molecule has 0 aliphatic heterocycles. The number of rotatable bonds is 20. The number of halogens is 1. The third-order valence-electron chi connectivity index (χ3n) is 19.9. The van der Waals surface area contributed by atoms with Crippen LogP contribution in [0.3, 0.4) is 0 Å². The predicted molar refractivity (Wildman–Crippen MR) is 541 cm³/mol. The Labute approximate surface area is 797 Å². The van der Waals surface area contributed by atoms with Gasteiger partial charge in [0.05, 0.1) is 91.9 Å². The number of nitrogens with two attached hydrogens (primary N) is 6. The number of H-pyrrole nitrogens is 6. The van der Waals surface area contributed by atoms with Crippen LogP contribution >= 0.6 is 11.6 Å². The van der Waals surface area contributed by atoms with E-state index in [0.717, 1.165) is 110 Å². The number of guanidine groups is 6. The normalized spacial score (nSPS) is 11.6. The molecule has 0 saturated carbocycles. The van der Waals surface area contributed by atoms with E-state index in [1.165, 1.54) is 0 Å². The van der Waals surface area contributed by atoms with Gasteiger partial charge < -0.3 is 64.3 Å². The second-order valence-electron chi connectivity index (χ2n) is 30.4. The van der Waals surface area contributed by atoms with Crippen LogP contribution in [0.4, 0.5) is 35.7 Å². The summed E-state index contributed by atoms with van der Waals surface area (Å²) in [5, 5.41) is 18.1. The number of aromatic nitrogens is 14. The summed E-state index contributed by atoms with van der Waals surface area (Å²) >= 11 is 5.91. The van der Waals surface area contributed by atoms with Gasteiger partial charge in [-0.3, -0.25) is 70.6 Å². The molecule has 6 amide bonds. The number of aliphatic imine (C=N–C) groups is 6. The van der Waals surface area contributed by atoms with Crippen molar-refractivity contribution in [2.75, 3.05) is 0 Å². The quantitative estimate of drug-likeness (QED) is 0.0249. The van der Waals surface area contributed by atoms with Crippen LogP contribution in [0.5, 0.6) is 0 Å². The maximum absolute atomic E-state index is 12.3. The molecule has 8 aromatic heterocycles. The molecule has 0 aliphatic carbocycles. The zero-order valence-electron chi connectivity index (χ0n) is 74.3. The lowest BCUT2D eigenvalue weighted by atomic mass is 10.0. The van der Waals surface area contributed by atoms with Gasteiger partial charge in [-0.1, -0.05) is 218 Å².